The highest BCUT2D eigenvalue weighted by atomic mass is 32.2. The van der Waals surface area contributed by atoms with Gasteiger partial charge in [-0.25, -0.2) is 8.42 Å². The molecular formula is C16H22N2O6S. The van der Waals surface area contributed by atoms with Crippen LogP contribution >= 0.6 is 0 Å². The van der Waals surface area contributed by atoms with Gasteiger partial charge in [0.2, 0.25) is 10.0 Å². The van der Waals surface area contributed by atoms with Crippen molar-refractivity contribution in [3.8, 4) is 0 Å². The number of rotatable bonds is 6. The van der Waals surface area contributed by atoms with Crippen molar-refractivity contribution < 1.29 is 27.9 Å². The molecule has 1 aromatic rings. The van der Waals surface area contributed by atoms with Gasteiger partial charge in [-0.1, -0.05) is 11.6 Å². The van der Waals surface area contributed by atoms with Gasteiger partial charge >= 0.3 is 5.97 Å². The predicted octanol–water partition coefficient (Wildman–Crippen LogP) is 0.978. The van der Waals surface area contributed by atoms with Crippen LogP contribution in [0.15, 0.2) is 18.2 Å². The number of benzene rings is 1. The van der Waals surface area contributed by atoms with Crippen LogP contribution in [-0.4, -0.2) is 51.4 Å². The number of anilines is 1. The summed E-state index contributed by atoms with van der Waals surface area (Å²) >= 11 is 0. The van der Waals surface area contributed by atoms with Gasteiger partial charge < -0.3 is 15.2 Å². The van der Waals surface area contributed by atoms with Crippen LogP contribution in [0.5, 0.6) is 0 Å². The number of carboxylic acids is 1. The van der Waals surface area contributed by atoms with Gasteiger partial charge in [0, 0.05) is 19.8 Å². The maximum atomic E-state index is 12.5. The summed E-state index contributed by atoms with van der Waals surface area (Å²) in [6, 6.07) is 4.74. The Kier molecular flexibility index (Phi) is 5.69. The summed E-state index contributed by atoms with van der Waals surface area (Å²) in [4.78, 5) is 24.2. The average molecular weight is 370 g/mol. The number of hydrogen-bond acceptors (Lipinski definition) is 5. The number of carbonyl (C=O) groups excluding carboxylic acids is 1. The van der Waals surface area contributed by atoms with E-state index in [0.717, 1.165) is 11.8 Å². The number of amides is 1. The minimum atomic E-state index is -3.55. The van der Waals surface area contributed by atoms with E-state index in [1.807, 2.05) is 0 Å². The number of aliphatic carboxylic acids is 1. The normalized spacial score (nSPS) is 16.9. The summed E-state index contributed by atoms with van der Waals surface area (Å²) in [5.74, 6) is -1.50. The molecule has 1 aromatic carbocycles. The second-order valence-corrected chi connectivity index (χ2v) is 8.05. The monoisotopic (exact) mass is 370 g/mol. The van der Waals surface area contributed by atoms with Crippen LogP contribution in [0.3, 0.4) is 0 Å². The Morgan fingerprint density at radius 1 is 1.28 bits per heavy atom. The average Bonchev–Trinajstić information content (AvgIpc) is 2.54. The molecule has 0 saturated carbocycles. The number of nitrogens with one attached hydrogen (secondary N) is 2. The number of sulfonamides is 1. The SMILES string of the molecule is Cc1ccc(NS(C)(=O)=O)c(C(=O)NCC2(C(=O)O)CCOCC2)c1. The zero-order valence-electron chi connectivity index (χ0n) is 14.2. The van der Waals surface area contributed by atoms with Gasteiger partial charge in [0.1, 0.15) is 0 Å². The van der Waals surface area contributed by atoms with Crippen LogP contribution in [0.4, 0.5) is 5.69 Å². The third-order valence-corrected chi connectivity index (χ3v) is 4.80. The zero-order chi connectivity index (χ0) is 18.7. The van der Waals surface area contributed by atoms with Crippen molar-refractivity contribution in [2.45, 2.75) is 19.8 Å². The van der Waals surface area contributed by atoms with E-state index in [4.69, 9.17) is 4.74 Å². The first-order valence-corrected chi connectivity index (χ1v) is 9.70. The van der Waals surface area contributed by atoms with Crippen molar-refractivity contribution in [3.05, 3.63) is 29.3 Å². The molecule has 25 heavy (non-hydrogen) atoms. The fourth-order valence-corrected chi connectivity index (χ4v) is 3.29. The predicted molar refractivity (Wildman–Crippen MR) is 92.1 cm³/mol. The minimum absolute atomic E-state index is 0.0449. The Morgan fingerprint density at radius 2 is 1.92 bits per heavy atom. The molecule has 1 amide bonds. The van der Waals surface area contributed by atoms with E-state index in [-0.39, 0.29) is 17.8 Å². The second kappa shape index (κ2) is 7.40. The molecule has 9 heteroatoms. The number of carbonyl (C=O) groups is 2. The van der Waals surface area contributed by atoms with Gasteiger partial charge in [-0.15, -0.1) is 0 Å². The van der Waals surface area contributed by atoms with Crippen molar-refractivity contribution in [2.75, 3.05) is 30.7 Å². The highest BCUT2D eigenvalue weighted by molar-refractivity contribution is 7.92. The molecule has 1 saturated heterocycles. The smallest absolute Gasteiger partial charge is 0.311 e. The van der Waals surface area contributed by atoms with E-state index in [1.54, 1.807) is 19.1 Å². The quantitative estimate of drug-likeness (QED) is 0.686. The van der Waals surface area contributed by atoms with E-state index >= 15 is 0 Å². The van der Waals surface area contributed by atoms with Crippen molar-refractivity contribution in [1.82, 2.24) is 5.32 Å². The molecule has 0 aliphatic carbocycles. The van der Waals surface area contributed by atoms with Gasteiger partial charge in [-0.3, -0.25) is 14.3 Å². The molecule has 0 atom stereocenters. The molecule has 1 fully saturated rings. The standard InChI is InChI=1S/C16H22N2O6S/c1-11-3-4-13(18-25(2,22)23)12(9-11)14(19)17-10-16(15(20)21)5-7-24-8-6-16/h3-4,9,18H,5-8,10H2,1-2H3,(H,17,19)(H,20,21). The number of ether oxygens (including phenoxy) is 1. The topological polar surface area (TPSA) is 122 Å². The van der Waals surface area contributed by atoms with E-state index in [1.165, 1.54) is 6.07 Å². The Bertz CT molecular complexity index is 769. The lowest BCUT2D eigenvalue weighted by Gasteiger charge is -2.33. The second-order valence-electron chi connectivity index (χ2n) is 6.30. The fourth-order valence-electron chi connectivity index (χ4n) is 2.71. The Hall–Kier alpha value is -2.13. The summed E-state index contributed by atoms with van der Waals surface area (Å²) in [6.45, 7) is 2.38. The zero-order valence-corrected chi connectivity index (χ0v) is 15.0. The van der Waals surface area contributed by atoms with Crippen LogP contribution < -0.4 is 10.0 Å². The van der Waals surface area contributed by atoms with E-state index in [9.17, 15) is 23.1 Å². The molecular weight excluding hydrogens is 348 g/mol. The molecule has 0 unspecified atom stereocenters. The van der Waals surface area contributed by atoms with Gasteiger partial charge in [0.25, 0.3) is 5.91 Å². The summed E-state index contributed by atoms with van der Waals surface area (Å²) in [5, 5.41) is 12.2. The maximum Gasteiger partial charge on any atom is 0.311 e. The van der Waals surface area contributed by atoms with Crippen LogP contribution in [0.25, 0.3) is 0 Å². The molecule has 1 aliphatic rings. The highest BCUT2D eigenvalue weighted by Crippen LogP contribution is 2.30. The number of hydrogen-bond donors (Lipinski definition) is 3. The first-order valence-electron chi connectivity index (χ1n) is 7.81. The van der Waals surface area contributed by atoms with E-state index in [2.05, 4.69) is 10.0 Å². The third kappa shape index (κ3) is 4.93. The van der Waals surface area contributed by atoms with Crippen LogP contribution in [0, 0.1) is 12.3 Å². The highest BCUT2D eigenvalue weighted by Gasteiger charge is 2.40. The lowest BCUT2D eigenvalue weighted by molar-refractivity contribution is -0.154. The molecule has 0 bridgehead atoms. The lowest BCUT2D eigenvalue weighted by Crippen LogP contribution is -2.46. The third-order valence-electron chi connectivity index (χ3n) is 4.21. The van der Waals surface area contributed by atoms with Gasteiger partial charge in [0.15, 0.2) is 0 Å². The molecule has 0 aromatic heterocycles. The lowest BCUT2D eigenvalue weighted by atomic mass is 9.80. The molecule has 138 valence electrons. The van der Waals surface area contributed by atoms with Crippen LogP contribution in [-0.2, 0) is 19.6 Å². The van der Waals surface area contributed by atoms with Gasteiger partial charge in [-0.2, -0.15) is 0 Å². The van der Waals surface area contributed by atoms with E-state index in [0.29, 0.717) is 26.1 Å². The van der Waals surface area contributed by atoms with Crippen molar-refractivity contribution in [1.29, 1.82) is 0 Å². The Labute approximate surface area is 146 Å². The number of carboxylic acid groups (broad SMARTS) is 1. The maximum absolute atomic E-state index is 12.5. The summed E-state index contributed by atoms with van der Waals surface area (Å²) in [5.41, 5.74) is 0.0190. The summed E-state index contributed by atoms with van der Waals surface area (Å²) in [6.07, 6.45) is 1.62. The van der Waals surface area contributed by atoms with Gasteiger partial charge in [-0.05, 0) is 31.9 Å². The Balaban J connectivity index is 2.20. The van der Waals surface area contributed by atoms with E-state index < -0.39 is 27.3 Å². The molecule has 0 spiro atoms. The molecule has 1 heterocycles. The fraction of sp³-hybridized carbons (Fsp3) is 0.500. The van der Waals surface area contributed by atoms with Crippen LogP contribution in [0.1, 0.15) is 28.8 Å². The van der Waals surface area contributed by atoms with Gasteiger partial charge in [0.05, 0.1) is 22.9 Å². The first kappa shape index (κ1) is 19.2. The Morgan fingerprint density at radius 3 is 2.48 bits per heavy atom. The largest absolute Gasteiger partial charge is 0.481 e. The minimum Gasteiger partial charge on any atom is -0.481 e. The van der Waals surface area contributed by atoms with Crippen molar-refractivity contribution >= 4 is 27.6 Å². The van der Waals surface area contributed by atoms with Crippen molar-refractivity contribution in [3.63, 3.8) is 0 Å². The molecule has 8 nitrogen and oxygen atoms in total. The summed E-state index contributed by atoms with van der Waals surface area (Å²) < 4.78 is 30.4. The molecule has 3 N–H and O–H groups in total. The number of aryl methyl sites for hydroxylation is 1. The summed E-state index contributed by atoms with van der Waals surface area (Å²) in [7, 11) is -3.55. The first-order chi connectivity index (χ1) is 11.6. The molecule has 1 aliphatic heterocycles. The van der Waals surface area contributed by atoms with Crippen molar-refractivity contribution in [2.24, 2.45) is 5.41 Å². The van der Waals surface area contributed by atoms with Crippen LogP contribution in [0.2, 0.25) is 0 Å². The molecule has 0 radical (unpaired) electrons. The molecule has 2 rings (SSSR count).